The minimum atomic E-state index is -4.63. The number of alkyl halides is 5. The normalized spacial score (nSPS) is 19.8. The summed E-state index contributed by atoms with van der Waals surface area (Å²) in [5.41, 5.74) is 0.264. The van der Waals surface area contributed by atoms with Crippen LogP contribution in [-0.2, 0) is 6.18 Å². The van der Waals surface area contributed by atoms with Crippen LogP contribution in [0.2, 0.25) is 0 Å². The fourth-order valence-corrected chi connectivity index (χ4v) is 5.22. The highest BCUT2D eigenvalue weighted by Crippen LogP contribution is 2.38. The number of aromatic nitrogens is 4. The van der Waals surface area contributed by atoms with Gasteiger partial charge in [0.2, 0.25) is 0 Å². The molecule has 36 heavy (non-hydrogen) atoms. The fourth-order valence-electron chi connectivity index (χ4n) is 4.25. The Morgan fingerprint density at radius 2 is 1.97 bits per heavy atom. The number of nitrogens with zero attached hydrogens (tertiary/aromatic N) is 5. The van der Waals surface area contributed by atoms with E-state index in [2.05, 4.69) is 25.3 Å². The molecule has 1 aliphatic heterocycles. The summed E-state index contributed by atoms with van der Waals surface area (Å²) in [4.78, 5) is 31.0. The Morgan fingerprint density at radius 3 is 2.61 bits per heavy atom. The number of aryl methyl sites for hydroxylation is 2. The lowest BCUT2D eigenvalue weighted by molar-refractivity contribution is -0.141. The number of nitrogens with one attached hydrogen (secondary N) is 1. The molecule has 0 bridgehead atoms. The van der Waals surface area contributed by atoms with Crippen LogP contribution in [-0.4, -0.2) is 55.8 Å². The maximum absolute atomic E-state index is 14.6. The minimum absolute atomic E-state index is 0.00982. The Balaban J connectivity index is 1.62. The summed E-state index contributed by atoms with van der Waals surface area (Å²) in [6, 6.07) is 2.90. The lowest BCUT2D eigenvalue weighted by atomic mass is 9.88. The van der Waals surface area contributed by atoms with Crippen LogP contribution in [0.15, 0.2) is 30.7 Å². The average molecular weight is 527 g/mol. The van der Waals surface area contributed by atoms with E-state index in [1.165, 1.54) is 11.3 Å². The number of thiazole rings is 1. The van der Waals surface area contributed by atoms with Crippen molar-refractivity contribution in [3.8, 4) is 10.6 Å². The van der Waals surface area contributed by atoms with Gasteiger partial charge in [-0.25, -0.2) is 23.7 Å². The second-order valence-corrected chi connectivity index (χ2v) is 9.99. The zero-order chi connectivity index (χ0) is 26.3. The molecule has 192 valence electrons. The van der Waals surface area contributed by atoms with Crippen LogP contribution in [0.5, 0.6) is 0 Å². The predicted octanol–water partition coefficient (Wildman–Crippen LogP) is 5.23. The van der Waals surface area contributed by atoms with E-state index in [-0.39, 0.29) is 18.1 Å². The number of halogens is 5. The Labute approximate surface area is 207 Å². The second kappa shape index (κ2) is 9.68. The number of amides is 1. The SMILES string of the molecule is Cc1nc(C(=O)N2CC(F)(F)C[C@@H](C)[C@H]2CNc2cnc(C(F)(F)F)cn2)c(-c2ncccc2C)s1. The van der Waals surface area contributed by atoms with Crippen molar-refractivity contribution in [1.29, 1.82) is 0 Å². The van der Waals surface area contributed by atoms with Gasteiger partial charge in [-0.15, -0.1) is 11.3 Å². The third kappa shape index (κ3) is 5.45. The summed E-state index contributed by atoms with van der Waals surface area (Å²) in [7, 11) is 0. The zero-order valence-corrected chi connectivity index (χ0v) is 20.4. The molecule has 0 aromatic carbocycles. The number of pyridine rings is 1. The van der Waals surface area contributed by atoms with Crippen molar-refractivity contribution >= 4 is 23.1 Å². The van der Waals surface area contributed by atoms with Crippen molar-refractivity contribution in [3.05, 3.63) is 52.7 Å². The molecule has 0 saturated carbocycles. The van der Waals surface area contributed by atoms with Crippen molar-refractivity contribution in [2.75, 3.05) is 18.4 Å². The van der Waals surface area contributed by atoms with Gasteiger partial charge in [-0.05, 0) is 31.4 Å². The van der Waals surface area contributed by atoms with Gasteiger partial charge >= 0.3 is 6.18 Å². The van der Waals surface area contributed by atoms with Crippen LogP contribution in [0, 0.1) is 19.8 Å². The van der Waals surface area contributed by atoms with Gasteiger partial charge in [0.25, 0.3) is 11.8 Å². The molecular formula is C23H23F5N6OS. The van der Waals surface area contributed by atoms with Gasteiger partial charge in [-0.1, -0.05) is 13.0 Å². The molecule has 3 aromatic heterocycles. The molecule has 0 aliphatic carbocycles. The lowest BCUT2D eigenvalue weighted by Crippen LogP contribution is -2.57. The van der Waals surface area contributed by atoms with Crippen LogP contribution in [0.25, 0.3) is 10.6 Å². The smallest absolute Gasteiger partial charge is 0.367 e. The molecule has 1 N–H and O–H groups in total. The molecule has 1 aliphatic rings. The molecule has 0 radical (unpaired) electrons. The summed E-state index contributed by atoms with van der Waals surface area (Å²) in [5, 5.41) is 3.43. The first-order valence-corrected chi connectivity index (χ1v) is 11.9. The van der Waals surface area contributed by atoms with Gasteiger partial charge in [-0.3, -0.25) is 9.78 Å². The molecular weight excluding hydrogens is 503 g/mol. The Morgan fingerprint density at radius 1 is 1.22 bits per heavy atom. The highest BCUT2D eigenvalue weighted by atomic mass is 32.1. The van der Waals surface area contributed by atoms with Crippen molar-refractivity contribution < 1.29 is 26.7 Å². The monoisotopic (exact) mass is 526 g/mol. The van der Waals surface area contributed by atoms with Crippen LogP contribution < -0.4 is 5.32 Å². The molecule has 1 fully saturated rings. The van der Waals surface area contributed by atoms with E-state index >= 15 is 0 Å². The third-order valence-corrected chi connectivity index (χ3v) is 6.91. The van der Waals surface area contributed by atoms with Crippen molar-refractivity contribution in [3.63, 3.8) is 0 Å². The molecule has 3 aromatic rings. The Bertz CT molecular complexity index is 1250. The maximum Gasteiger partial charge on any atom is 0.434 e. The number of carbonyl (C=O) groups is 1. The standard InChI is InChI=1S/C23H23F5N6OS/c1-12-5-4-6-29-18(12)20-19(33-14(3)36-20)21(35)34-11-22(24,25)7-13(2)15(34)8-31-17-10-30-16(9-32-17)23(26,27)28/h4-6,9-10,13,15H,7-8,11H2,1-3H3,(H,31,32)/t13-,15-/m1/s1. The van der Waals surface area contributed by atoms with E-state index < -0.39 is 48.6 Å². The summed E-state index contributed by atoms with van der Waals surface area (Å²) in [6.45, 7) is 4.34. The number of hydrogen-bond acceptors (Lipinski definition) is 7. The Hall–Kier alpha value is -3.22. The van der Waals surface area contributed by atoms with E-state index in [4.69, 9.17) is 0 Å². The fraction of sp³-hybridized carbons (Fsp3) is 0.435. The van der Waals surface area contributed by atoms with E-state index in [0.29, 0.717) is 21.8 Å². The second-order valence-electron chi connectivity index (χ2n) is 8.78. The van der Waals surface area contributed by atoms with Gasteiger partial charge in [0.15, 0.2) is 5.69 Å². The van der Waals surface area contributed by atoms with E-state index in [0.717, 1.165) is 16.7 Å². The van der Waals surface area contributed by atoms with Crippen molar-refractivity contribution in [2.45, 2.75) is 45.3 Å². The van der Waals surface area contributed by atoms with Crippen LogP contribution in [0.4, 0.5) is 27.8 Å². The lowest BCUT2D eigenvalue weighted by Gasteiger charge is -2.43. The Kier molecular flexibility index (Phi) is 6.95. The molecule has 7 nitrogen and oxygen atoms in total. The van der Waals surface area contributed by atoms with Gasteiger partial charge in [-0.2, -0.15) is 13.2 Å². The molecule has 0 spiro atoms. The summed E-state index contributed by atoms with van der Waals surface area (Å²) in [5.74, 6) is -4.34. The predicted molar refractivity (Wildman–Crippen MR) is 124 cm³/mol. The quantitative estimate of drug-likeness (QED) is 0.459. The summed E-state index contributed by atoms with van der Waals surface area (Å²) < 4.78 is 67.5. The van der Waals surface area contributed by atoms with E-state index in [1.807, 2.05) is 13.0 Å². The van der Waals surface area contributed by atoms with Crippen molar-refractivity contribution in [2.24, 2.45) is 5.92 Å². The van der Waals surface area contributed by atoms with Crippen molar-refractivity contribution in [1.82, 2.24) is 24.8 Å². The molecule has 2 atom stereocenters. The topological polar surface area (TPSA) is 83.9 Å². The zero-order valence-electron chi connectivity index (χ0n) is 19.6. The molecule has 4 rings (SSSR count). The molecule has 1 amide bonds. The highest BCUT2D eigenvalue weighted by molar-refractivity contribution is 7.15. The first-order valence-electron chi connectivity index (χ1n) is 11.1. The first-order chi connectivity index (χ1) is 16.9. The van der Waals surface area contributed by atoms with Gasteiger partial charge in [0.05, 0.1) is 40.6 Å². The maximum atomic E-state index is 14.6. The number of hydrogen-bond donors (Lipinski definition) is 1. The number of likely N-dealkylation sites (tertiary alicyclic amines) is 1. The molecule has 13 heteroatoms. The van der Waals surface area contributed by atoms with E-state index in [9.17, 15) is 26.7 Å². The van der Waals surface area contributed by atoms with Crippen LogP contribution in [0.1, 0.15) is 40.1 Å². The van der Waals surface area contributed by atoms with E-state index in [1.54, 1.807) is 26.1 Å². The number of piperidine rings is 1. The van der Waals surface area contributed by atoms with Gasteiger partial charge < -0.3 is 10.2 Å². The largest absolute Gasteiger partial charge is 0.434 e. The van der Waals surface area contributed by atoms with Gasteiger partial charge in [0, 0.05) is 19.2 Å². The minimum Gasteiger partial charge on any atom is -0.367 e. The average Bonchev–Trinajstić information content (AvgIpc) is 3.18. The highest BCUT2D eigenvalue weighted by Gasteiger charge is 2.47. The number of carbonyl (C=O) groups excluding carboxylic acids is 1. The number of anilines is 1. The number of rotatable bonds is 5. The summed E-state index contributed by atoms with van der Waals surface area (Å²) >= 11 is 1.25. The third-order valence-electron chi connectivity index (χ3n) is 5.94. The van der Waals surface area contributed by atoms with Crippen LogP contribution in [0.3, 0.4) is 0 Å². The van der Waals surface area contributed by atoms with Crippen LogP contribution >= 0.6 is 11.3 Å². The molecule has 1 saturated heterocycles. The summed E-state index contributed by atoms with van der Waals surface area (Å²) in [6.07, 6.45) is -1.98. The first kappa shape index (κ1) is 25.9. The molecule has 4 heterocycles. The van der Waals surface area contributed by atoms with Gasteiger partial charge in [0.1, 0.15) is 11.5 Å². The molecule has 0 unspecified atom stereocenters.